The number of thiophene rings is 1. The minimum atomic E-state index is -0.224. The number of hydrogen-bond acceptors (Lipinski definition) is 7. The molecule has 3 heterocycles. The quantitative estimate of drug-likeness (QED) is 0.154. The number of hydrogen-bond donors (Lipinski definition) is 1. The predicted molar refractivity (Wildman–Crippen MR) is 150 cm³/mol. The number of ether oxygens (including phenoxy) is 1. The third-order valence-corrected chi connectivity index (χ3v) is 9.00. The summed E-state index contributed by atoms with van der Waals surface area (Å²) in [6.07, 6.45) is 1.64. The van der Waals surface area contributed by atoms with Crippen molar-refractivity contribution in [1.82, 2.24) is 15.3 Å². The molecule has 0 spiro atoms. The van der Waals surface area contributed by atoms with Gasteiger partial charge in [-0.25, -0.2) is 9.97 Å². The molecule has 0 saturated carbocycles. The standard InChI is InChI=1S/C28H29N3O2S3/c1-28(2)15-21-22(16-33-28)36-26-24(21)25(30-27(31-26)35-17-20-11-7-4-8-12-20)34-18-23(32)29-14-13-19-9-5-3-6-10-19/h3-12H,13-18H2,1-2H3,(H,29,32). The number of benzene rings is 2. The fraction of sp³-hybridized carbons (Fsp3) is 0.321. The lowest BCUT2D eigenvalue weighted by molar-refractivity contribution is -0.118. The summed E-state index contributed by atoms with van der Waals surface area (Å²) in [5, 5.41) is 5.79. The molecule has 0 radical (unpaired) electrons. The number of nitrogens with zero attached hydrogens (tertiary/aromatic N) is 2. The van der Waals surface area contributed by atoms with Crippen molar-refractivity contribution in [2.75, 3.05) is 12.3 Å². The first-order valence-corrected chi connectivity index (χ1v) is 14.8. The fourth-order valence-corrected chi connectivity index (χ4v) is 7.13. The van der Waals surface area contributed by atoms with Crippen LogP contribution in [0, 0.1) is 0 Å². The maximum Gasteiger partial charge on any atom is 0.230 e. The van der Waals surface area contributed by atoms with E-state index in [4.69, 9.17) is 14.7 Å². The van der Waals surface area contributed by atoms with Gasteiger partial charge in [0.15, 0.2) is 5.16 Å². The van der Waals surface area contributed by atoms with Gasteiger partial charge >= 0.3 is 0 Å². The number of aromatic nitrogens is 2. The number of carbonyl (C=O) groups excluding carboxylic acids is 1. The minimum Gasteiger partial charge on any atom is -0.370 e. The van der Waals surface area contributed by atoms with Crippen LogP contribution in [0.5, 0.6) is 0 Å². The Morgan fingerprint density at radius 2 is 1.75 bits per heavy atom. The van der Waals surface area contributed by atoms with Crippen molar-refractivity contribution in [2.45, 2.75) is 54.8 Å². The van der Waals surface area contributed by atoms with E-state index in [-0.39, 0.29) is 11.5 Å². The third-order valence-electron chi connectivity index (χ3n) is 6.01. The Hall–Kier alpha value is -2.39. The van der Waals surface area contributed by atoms with Crippen LogP contribution in [0.2, 0.25) is 0 Å². The summed E-state index contributed by atoms with van der Waals surface area (Å²) in [5.41, 5.74) is 3.51. The van der Waals surface area contributed by atoms with Gasteiger partial charge in [-0.05, 0) is 37.0 Å². The van der Waals surface area contributed by atoms with E-state index in [1.54, 1.807) is 23.1 Å². The Morgan fingerprint density at radius 3 is 2.50 bits per heavy atom. The number of carbonyl (C=O) groups is 1. The van der Waals surface area contributed by atoms with Gasteiger partial charge in [0, 0.05) is 29.0 Å². The number of fused-ring (bicyclic) bond motifs is 3. The van der Waals surface area contributed by atoms with Crippen molar-refractivity contribution < 1.29 is 9.53 Å². The summed E-state index contributed by atoms with van der Waals surface area (Å²) in [7, 11) is 0. The smallest absolute Gasteiger partial charge is 0.230 e. The Balaban J connectivity index is 1.33. The van der Waals surface area contributed by atoms with Crippen LogP contribution in [-0.2, 0) is 34.7 Å². The van der Waals surface area contributed by atoms with Crippen LogP contribution in [0.15, 0.2) is 70.8 Å². The third kappa shape index (κ3) is 6.29. The second-order valence-electron chi connectivity index (χ2n) is 9.37. The molecule has 8 heteroatoms. The van der Waals surface area contributed by atoms with Crippen molar-refractivity contribution in [2.24, 2.45) is 0 Å². The predicted octanol–water partition coefficient (Wildman–Crippen LogP) is 6.29. The summed E-state index contributed by atoms with van der Waals surface area (Å²) >= 11 is 4.83. The zero-order chi connectivity index (χ0) is 25.0. The van der Waals surface area contributed by atoms with E-state index in [1.165, 1.54) is 33.3 Å². The molecule has 0 atom stereocenters. The van der Waals surface area contributed by atoms with Crippen molar-refractivity contribution in [3.63, 3.8) is 0 Å². The van der Waals surface area contributed by atoms with E-state index in [2.05, 4.69) is 43.4 Å². The van der Waals surface area contributed by atoms with E-state index >= 15 is 0 Å². The summed E-state index contributed by atoms with van der Waals surface area (Å²) in [4.78, 5) is 24.7. The average Bonchev–Trinajstić information content (AvgIpc) is 3.24. The number of nitrogens with one attached hydrogen (secondary N) is 1. The van der Waals surface area contributed by atoms with Gasteiger partial charge in [0.2, 0.25) is 5.91 Å². The summed E-state index contributed by atoms with van der Waals surface area (Å²) < 4.78 is 6.06. The molecule has 1 amide bonds. The molecule has 5 nitrogen and oxygen atoms in total. The number of amides is 1. The van der Waals surface area contributed by atoms with Gasteiger partial charge in [-0.1, -0.05) is 84.2 Å². The molecular weight excluding hydrogens is 507 g/mol. The number of rotatable bonds is 9. The van der Waals surface area contributed by atoms with Crippen molar-refractivity contribution in [3.8, 4) is 0 Å². The molecule has 0 bridgehead atoms. The zero-order valence-corrected chi connectivity index (χ0v) is 22.9. The molecule has 0 saturated heterocycles. The summed E-state index contributed by atoms with van der Waals surface area (Å²) in [6.45, 7) is 5.47. The van der Waals surface area contributed by atoms with E-state index in [1.807, 2.05) is 36.4 Å². The van der Waals surface area contributed by atoms with E-state index in [9.17, 15) is 4.79 Å². The maximum atomic E-state index is 12.7. The normalized spacial score (nSPS) is 14.5. The van der Waals surface area contributed by atoms with Crippen molar-refractivity contribution >= 4 is 51.0 Å². The van der Waals surface area contributed by atoms with Gasteiger partial charge in [-0.3, -0.25) is 4.79 Å². The lowest BCUT2D eigenvalue weighted by Crippen LogP contribution is -2.31. The first-order chi connectivity index (χ1) is 17.5. The van der Waals surface area contributed by atoms with Crippen LogP contribution < -0.4 is 5.32 Å². The zero-order valence-electron chi connectivity index (χ0n) is 20.5. The molecule has 4 aromatic rings. The fourth-order valence-electron chi connectivity index (χ4n) is 4.16. The molecule has 36 heavy (non-hydrogen) atoms. The topological polar surface area (TPSA) is 64.1 Å². The van der Waals surface area contributed by atoms with Crippen LogP contribution in [0.25, 0.3) is 10.2 Å². The lowest BCUT2D eigenvalue weighted by Gasteiger charge is -2.30. The Bertz CT molecular complexity index is 1340. The van der Waals surface area contributed by atoms with Crippen LogP contribution in [-0.4, -0.2) is 33.8 Å². The van der Waals surface area contributed by atoms with Crippen molar-refractivity contribution in [1.29, 1.82) is 0 Å². The van der Waals surface area contributed by atoms with Crippen LogP contribution in [0.1, 0.15) is 35.4 Å². The summed E-state index contributed by atoms with van der Waals surface area (Å²) in [6, 6.07) is 20.6. The molecule has 2 aromatic heterocycles. The first-order valence-electron chi connectivity index (χ1n) is 12.0. The molecule has 1 aliphatic rings. The van der Waals surface area contributed by atoms with Crippen LogP contribution >= 0.6 is 34.9 Å². The summed E-state index contributed by atoms with van der Waals surface area (Å²) in [5.74, 6) is 1.15. The van der Waals surface area contributed by atoms with Gasteiger partial charge < -0.3 is 10.1 Å². The van der Waals surface area contributed by atoms with Gasteiger partial charge in [-0.2, -0.15) is 0 Å². The minimum absolute atomic E-state index is 0.0222. The van der Waals surface area contributed by atoms with Crippen LogP contribution in [0.4, 0.5) is 0 Å². The van der Waals surface area contributed by atoms with Crippen LogP contribution in [0.3, 0.4) is 0 Å². The second kappa shape index (κ2) is 11.3. The highest BCUT2D eigenvalue weighted by atomic mass is 32.2. The molecule has 5 rings (SSSR count). The Morgan fingerprint density at radius 1 is 1.03 bits per heavy atom. The van der Waals surface area contributed by atoms with E-state index in [0.29, 0.717) is 18.9 Å². The highest BCUT2D eigenvalue weighted by Gasteiger charge is 2.31. The molecule has 186 valence electrons. The van der Waals surface area contributed by atoms with E-state index < -0.39 is 0 Å². The first kappa shape index (κ1) is 25.3. The largest absolute Gasteiger partial charge is 0.370 e. The molecule has 0 aliphatic carbocycles. The molecule has 1 N–H and O–H groups in total. The SMILES string of the molecule is CC1(C)Cc2c(sc3nc(SCc4ccccc4)nc(SCC(=O)NCCc4ccccc4)c23)CO1. The molecule has 0 unspecified atom stereocenters. The number of thioether (sulfide) groups is 2. The highest BCUT2D eigenvalue weighted by molar-refractivity contribution is 8.00. The second-order valence-corrected chi connectivity index (χ2v) is 12.4. The maximum absolute atomic E-state index is 12.7. The molecule has 1 aliphatic heterocycles. The van der Waals surface area contributed by atoms with Gasteiger partial charge in [0.25, 0.3) is 0 Å². The molecular formula is C28H29N3O2S3. The van der Waals surface area contributed by atoms with Crippen molar-refractivity contribution in [3.05, 3.63) is 82.2 Å². The highest BCUT2D eigenvalue weighted by Crippen LogP contribution is 2.42. The van der Waals surface area contributed by atoms with Gasteiger partial charge in [-0.15, -0.1) is 11.3 Å². The monoisotopic (exact) mass is 535 g/mol. The lowest BCUT2D eigenvalue weighted by atomic mass is 9.95. The average molecular weight is 536 g/mol. The van der Waals surface area contributed by atoms with E-state index in [0.717, 1.165) is 39.0 Å². The van der Waals surface area contributed by atoms with Gasteiger partial charge in [0.1, 0.15) is 9.86 Å². The Labute approximate surface area is 224 Å². The van der Waals surface area contributed by atoms with Gasteiger partial charge in [0.05, 0.1) is 18.0 Å². The Kier molecular flexibility index (Phi) is 7.96. The molecule has 0 fully saturated rings. The molecule has 2 aromatic carbocycles.